The van der Waals surface area contributed by atoms with E-state index in [0.717, 1.165) is 42.8 Å². The number of hydrogen-bond donors (Lipinski definition) is 1. The first-order valence-corrected chi connectivity index (χ1v) is 11.4. The number of likely N-dealkylation sites (tertiary alicyclic amines) is 1. The van der Waals surface area contributed by atoms with Crippen LogP contribution in [0.2, 0.25) is 0 Å². The van der Waals surface area contributed by atoms with Gasteiger partial charge in [-0.2, -0.15) is 0 Å². The summed E-state index contributed by atoms with van der Waals surface area (Å²) in [5.74, 6) is 0.819. The molecule has 1 saturated heterocycles. The lowest BCUT2D eigenvalue weighted by Crippen LogP contribution is -2.37. The lowest BCUT2D eigenvalue weighted by Gasteiger charge is -2.29. The molecule has 0 aromatic heterocycles. The van der Waals surface area contributed by atoms with Crippen LogP contribution in [0.1, 0.15) is 65.2 Å². The second kappa shape index (κ2) is 10.1. The Balaban J connectivity index is 1.34. The van der Waals surface area contributed by atoms with Crippen molar-refractivity contribution < 1.29 is 14.3 Å². The first-order chi connectivity index (χ1) is 15.2. The van der Waals surface area contributed by atoms with E-state index in [1.54, 1.807) is 7.11 Å². The minimum absolute atomic E-state index is 0.0469. The molecule has 0 saturated carbocycles. The molecule has 0 radical (unpaired) electrons. The average Bonchev–Trinajstić information content (AvgIpc) is 3.49. The average molecular weight is 421 g/mol. The van der Waals surface area contributed by atoms with Crippen molar-refractivity contribution in [3.63, 3.8) is 0 Å². The van der Waals surface area contributed by atoms with Gasteiger partial charge in [-0.25, -0.2) is 0 Å². The summed E-state index contributed by atoms with van der Waals surface area (Å²) in [4.78, 5) is 27.6. The zero-order valence-corrected chi connectivity index (χ0v) is 18.4. The molecule has 1 N–H and O–H groups in total. The number of Topliss-reactive ketones (excluding diaryl/α,β-unsaturated/α-hetero) is 1. The lowest BCUT2D eigenvalue weighted by atomic mass is 10.0. The zero-order chi connectivity index (χ0) is 21.6. The number of aryl methyl sites for hydroxylation is 2. The summed E-state index contributed by atoms with van der Waals surface area (Å²) in [6, 6.07) is 14.1. The fourth-order valence-corrected chi connectivity index (χ4v) is 4.85. The number of ether oxygens (including phenoxy) is 1. The highest BCUT2D eigenvalue weighted by Crippen LogP contribution is 2.31. The maximum absolute atomic E-state index is 12.6. The Morgan fingerprint density at radius 2 is 1.77 bits per heavy atom. The molecule has 164 valence electrons. The van der Waals surface area contributed by atoms with Crippen molar-refractivity contribution in [1.82, 2.24) is 10.2 Å². The molecule has 0 spiro atoms. The van der Waals surface area contributed by atoms with E-state index in [0.29, 0.717) is 6.54 Å². The van der Waals surface area contributed by atoms with Gasteiger partial charge >= 0.3 is 0 Å². The van der Waals surface area contributed by atoms with Gasteiger partial charge < -0.3 is 10.1 Å². The van der Waals surface area contributed by atoms with E-state index in [1.807, 2.05) is 30.3 Å². The SMILES string of the molecule is COc1ccccc1C(CNC(=O)CCC(=O)c1ccc2c(c1)CCC2)N1CCCC1. The lowest BCUT2D eigenvalue weighted by molar-refractivity contribution is -0.121. The summed E-state index contributed by atoms with van der Waals surface area (Å²) in [6.45, 7) is 2.57. The highest BCUT2D eigenvalue weighted by molar-refractivity contribution is 5.98. The van der Waals surface area contributed by atoms with E-state index >= 15 is 0 Å². The number of nitrogens with one attached hydrogen (secondary N) is 1. The van der Waals surface area contributed by atoms with E-state index in [2.05, 4.69) is 22.3 Å². The number of ketones is 1. The Kier molecular flexibility index (Phi) is 7.03. The molecule has 1 unspecified atom stereocenters. The third kappa shape index (κ3) is 5.16. The molecule has 2 aromatic carbocycles. The normalized spacial score (nSPS) is 16.7. The molecule has 2 aromatic rings. The molecule has 1 aliphatic heterocycles. The Hall–Kier alpha value is -2.66. The van der Waals surface area contributed by atoms with Gasteiger partial charge in [0.2, 0.25) is 5.91 Å². The van der Waals surface area contributed by atoms with Crippen molar-refractivity contribution in [2.45, 2.75) is 51.0 Å². The number of hydrogen-bond acceptors (Lipinski definition) is 4. The Bertz CT molecular complexity index is 934. The van der Waals surface area contributed by atoms with Crippen molar-refractivity contribution in [1.29, 1.82) is 0 Å². The Morgan fingerprint density at radius 3 is 2.58 bits per heavy atom. The van der Waals surface area contributed by atoms with Gasteiger partial charge in [0, 0.05) is 30.5 Å². The van der Waals surface area contributed by atoms with Gasteiger partial charge in [0.25, 0.3) is 0 Å². The zero-order valence-electron chi connectivity index (χ0n) is 18.4. The van der Waals surface area contributed by atoms with Gasteiger partial charge in [0.15, 0.2) is 5.78 Å². The van der Waals surface area contributed by atoms with Crippen LogP contribution in [0, 0.1) is 0 Å². The van der Waals surface area contributed by atoms with Gasteiger partial charge in [-0.05, 0) is 68.5 Å². The van der Waals surface area contributed by atoms with E-state index in [4.69, 9.17) is 4.74 Å². The molecule has 4 rings (SSSR count). The number of para-hydroxylation sites is 1. The molecule has 1 fully saturated rings. The molecular weight excluding hydrogens is 388 g/mol. The van der Waals surface area contributed by atoms with Gasteiger partial charge in [-0.15, -0.1) is 0 Å². The van der Waals surface area contributed by atoms with E-state index in [1.165, 1.54) is 30.4 Å². The first kappa shape index (κ1) is 21.6. The number of benzene rings is 2. The fraction of sp³-hybridized carbons (Fsp3) is 0.462. The van der Waals surface area contributed by atoms with Crippen molar-refractivity contribution in [3.8, 4) is 5.75 Å². The maximum Gasteiger partial charge on any atom is 0.220 e. The molecule has 2 aliphatic rings. The van der Waals surface area contributed by atoms with E-state index < -0.39 is 0 Å². The third-order valence-corrected chi connectivity index (χ3v) is 6.57. The molecule has 5 heteroatoms. The number of fused-ring (bicyclic) bond motifs is 1. The Labute approximate surface area is 184 Å². The molecule has 0 bridgehead atoms. The van der Waals surface area contributed by atoms with E-state index in [-0.39, 0.29) is 30.6 Å². The predicted octanol–water partition coefficient (Wildman–Crippen LogP) is 4.10. The molecule has 5 nitrogen and oxygen atoms in total. The highest BCUT2D eigenvalue weighted by atomic mass is 16.5. The van der Waals surface area contributed by atoms with Gasteiger partial charge in [0.05, 0.1) is 13.2 Å². The minimum Gasteiger partial charge on any atom is -0.496 e. The van der Waals surface area contributed by atoms with Crippen LogP contribution in [0.15, 0.2) is 42.5 Å². The van der Waals surface area contributed by atoms with Crippen molar-refractivity contribution >= 4 is 11.7 Å². The van der Waals surface area contributed by atoms with Crippen LogP contribution in [0.25, 0.3) is 0 Å². The van der Waals surface area contributed by atoms with Crippen molar-refractivity contribution in [3.05, 3.63) is 64.7 Å². The molecule has 1 aliphatic carbocycles. The Morgan fingerprint density at radius 1 is 1.00 bits per heavy atom. The second-order valence-corrected chi connectivity index (χ2v) is 8.57. The topological polar surface area (TPSA) is 58.6 Å². The summed E-state index contributed by atoms with van der Waals surface area (Å²) in [5, 5.41) is 3.07. The third-order valence-electron chi connectivity index (χ3n) is 6.57. The predicted molar refractivity (Wildman–Crippen MR) is 122 cm³/mol. The minimum atomic E-state index is -0.0754. The van der Waals surface area contributed by atoms with Crippen LogP contribution < -0.4 is 10.1 Å². The second-order valence-electron chi connectivity index (χ2n) is 8.57. The summed E-state index contributed by atoms with van der Waals surface area (Å²) >= 11 is 0. The van der Waals surface area contributed by atoms with Crippen molar-refractivity contribution in [2.24, 2.45) is 0 Å². The van der Waals surface area contributed by atoms with Gasteiger partial charge in [-0.3, -0.25) is 14.5 Å². The van der Waals surface area contributed by atoms with Gasteiger partial charge in [-0.1, -0.05) is 30.3 Å². The monoisotopic (exact) mass is 420 g/mol. The smallest absolute Gasteiger partial charge is 0.220 e. The van der Waals surface area contributed by atoms with E-state index in [9.17, 15) is 9.59 Å². The molecule has 1 atom stereocenters. The van der Waals surface area contributed by atoms with Crippen LogP contribution in [-0.4, -0.2) is 43.3 Å². The number of carbonyl (C=O) groups excluding carboxylic acids is 2. The highest BCUT2D eigenvalue weighted by Gasteiger charge is 2.26. The first-order valence-electron chi connectivity index (χ1n) is 11.4. The number of rotatable bonds is 9. The summed E-state index contributed by atoms with van der Waals surface area (Å²) in [7, 11) is 1.68. The molecule has 31 heavy (non-hydrogen) atoms. The summed E-state index contributed by atoms with van der Waals surface area (Å²) in [6.07, 6.45) is 6.14. The van der Waals surface area contributed by atoms with Crippen LogP contribution in [0.5, 0.6) is 5.75 Å². The van der Waals surface area contributed by atoms with Crippen LogP contribution in [0.4, 0.5) is 0 Å². The quantitative estimate of drug-likeness (QED) is 0.621. The van der Waals surface area contributed by atoms with Crippen molar-refractivity contribution in [2.75, 3.05) is 26.7 Å². The number of methoxy groups -OCH3 is 1. The number of amides is 1. The van der Waals surface area contributed by atoms with Crippen LogP contribution >= 0.6 is 0 Å². The molecule has 1 heterocycles. The number of nitrogens with zero attached hydrogens (tertiary/aromatic N) is 1. The van der Waals surface area contributed by atoms with Gasteiger partial charge in [0.1, 0.15) is 5.75 Å². The summed E-state index contributed by atoms with van der Waals surface area (Å²) < 4.78 is 5.57. The molecule has 1 amide bonds. The standard InChI is InChI=1S/C26H32N2O3/c1-31-25-10-3-2-9-22(25)23(28-15-4-5-16-28)18-27-26(30)14-13-24(29)21-12-11-19-7-6-8-20(19)17-21/h2-3,9-12,17,23H,4-8,13-16,18H2,1H3,(H,27,30). The number of carbonyl (C=O) groups is 2. The maximum atomic E-state index is 12.6. The van der Waals surface area contributed by atoms with Crippen LogP contribution in [-0.2, 0) is 17.6 Å². The van der Waals surface area contributed by atoms with Crippen LogP contribution in [0.3, 0.4) is 0 Å². The summed E-state index contributed by atoms with van der Waals surface area (Å²) in [5.41, 5.74) is 4.48. The molecular formula is C26H32N2O3. The largest absolute Gasteiger partial charge is 0.496 e. The fourth-order valence-electron chi connectivity index (χ4n) is 4.85.